The van der Waals surface area contributed by atoms with Gasteiger partial charge in [0.2, 0.25) is 5.91 Å². The summed E-state index contributed by atoms with van der Waals surface area (Å²) in [4.78, 5) is 12.0. The van der Waals surface area contributed by atoms with Gasteiger partial charge in [0.05, 0.1) is 23.5 Å². The third-order valence-electron chi connectivity index (χ3n) is 3.50. The van der Waals surface area contributed by atoms with Crippen LogP contribution >= 0.6 is 0 Å². The number of aliphatic hydroxyl groups excluding tert-OH is 1. The van der Waals surface area contributed by atoms with Crippen molar-refractivity contribution in [2.75, 3.05) is 6.61 Å². The van der Waals surface area contributed by atoms with E-state index in [0.717, 1.165) is 9.87 Å². The highest BCUT2D eigenvalue weighted by Gasteiger charge is 2.52. The molecule has 6 heteroatoms. The zero-order chi connectivity index (χ0) is 14.2. The molecule has 1 aromatic rings. The van der Waals surface area contributed by atoms with E-state index in [4.69, 9.17) is 0 Å². The summed E-state index contributed by atoms with van der Waals surface area (Å²) in [5, 5.41) is 9.27. The van der Waals surface area contributed by atoms with Crippen LogP contribution in [0.4, 0.5) is 0 Å². The molecule has 1 saturated heterocycles. The van der Waals surface area contributed by atoms with Crippen molar-refractivity contribution in [2.45, 2.75) is 31.2 Å². The van der Waals surface area contributed by atoms with Crippen molar-refractivity contribution in [1.82, 2.24) is 4.31 Å². The Morgan fingerprint density at radius 3 is 2.32 bits per heavy atom. The SMILES string of the molecule is CCC1C(=O)N(S(=O)(=O)c2ccc(C)cc2)C1CO. The van der Waals surface area contributed by atoms with Gasteiger partial charge >= 0.3 is 0 Å². The summed E-state index contributed by atoms with van der Waals surface area (Å²) in [6.07, 6.45) is 0.532. The highest BCUT2D eigenvalue weighted by molar-refractivity contribution is 7.89. The van der Waals surface area contributed by atoms with Crippen LogP contribution in [0, 0.1) is 12.8 Å². The quantitative estimate of drug-likeness (QED) is 0.834. The lowest BCUT2D eigenvalue weighted by molar-refractivity contribution is -0.148. The molecule has 0 bridgehead atoms. The number of hydrogen-bond acceptors (Lipinski definition) is 4. The molecule has 0 aromatic heterocycles. The summed E-state index contributed by atoms with van der Waals surface area (Å²) in [5.41, 5.74) is 0.944. The first-order chi connectivity index (χ1) is 8.93. The lowest BCUT2D eigenvalue weighted by Crippen LogP contribution is -2.64. The Balaban J connectivity index is 2.35. The average Bonchev–Trinajstić information content (AvgIpc) is 2.36. The molecular formula is C13H17NO4S. The van der Waals surface area contributed by atoms with Crippen molar-refractivity contribution < 1.29 is 18.3 Å². The minimum absolute atomic E-state index is 0.0828. The van der Waals surface area contributed by atoms with Gasteiger partial charge in [-0.25, -0.2) is 12.7 Å². The Hall–Kier alpha value is -1.40. The fourth-order valence-electron chi connectivity index (χ4n) is 2.34. The summed E-state index contributed by atoms with van der Waals surface area (Å²) in [6.45, 7) is 3.32. The van der Waals surface area contributed by atoms with Gasteiger partial charge in [-0.3, -0.25) is 4.79 Å². The van der Waals surface area contributed by atoms with Gasteiger partial charge in [0.15, 0.2) is 0 Å². The van der Waals surface area contributed by atoms with E-state index in [1.807, 2.05) is 6.92 Å². The van der Waals surface area contributed by atoms with E-state index < -0.39 is 27.9 Å². The maximum atomic E-state index is 12.4. The Morgan fingerprint density at radius 2 is 1.84 bits per heavy atom. The Bertz CT molecular complexity index is 579. The standard InChI is InChI=1S/C13H17NO4S/c1-3-11-12(8-15)14(13(11)16)19(17,18)10-6-4-9(2)5-7-10/h4-7,11-12,15H,3,8H2,1-2H3. The number of hydrogen-bond donors (Lipinski definition) is 1. The van der Waals surface area contributed by atoms with Gasteiger partial charge in [-0.2, -0.15) is 0 Å². The van der Waals surface area contributed by atoms with E-state index >= 15 is 0 Å². The molecule has 1 amide bonds. The summed E-state index contributed by atoms with van der Waals surface area (Å²) < 4.78 is 25.5. The zero-order valence-electron chi connectivity index (χ0n) is 10.9. The lowest BCUT2D eigenvalue weighted by Gasteiger charge is -2.44. The summed E-state index contributed by atoms with van der Waals surface area (Å²) in [5.74, 6) is -0.827. The van der Waals surface area contributed by atoms with E-state index in [0.29, 0.717) is 6.42 Å². The number of aliphatic hydroxyl groups is 1. The van der Waals surface area contributed by atoms with E-state index in [2.05, 4.69) is 0 Å². The number of benzene rings is 1. The fraction of sp³-hybridized carbons (Fsp3) is 0.462. The monoisotopic (exact) mass is 283 g/mol. The topological polar surface area (TPSA) is 74.7 Å². The lowest BCUT2D eigenvalue weighted by atomic mass is 9.89. The van der Waals surface area contributed by atoms with Gasteiger partial charge in [-0.15, -0.1) is 0 Å². The molecule has 1 aliphatic rings. The maximum absolute atomic E-state index is 12.4. The molecule has 104 valence electrons. The van der Waals surface area contributed by atoms with Crippen molar-refractivity contribution >= 4 is 15.9 Å². The predicted molar refractivity (Wildman–Crippen MR) is 69.9 cm³/mol. The van der Waals surface area contributed by atoms with Crippen molar-refractivity contribution in [1.29, 1.82) is 0 Å². The van der Waals surface area contributed by atoms with Gasteiger partial charge in [0.1, 0.15) is 0 Å². The summed E-state index contributed by atoms with van der Waals surface area (Å²) >= 11 is 0. The van der Waals surface area contributed by atoms with E-state index in [1.165, 1.54) is 12.1 Å². The van der Waals surface area contributed by atoms with Crippen molar-refractivity contribution in [3.8, 4) is 0 Å². The van der Waals surface area contributed by atoms with Crippen molar-refractivity contribution in [3.63, 3.8) is 0 Å². The van der Waals surface area contributed by atoms with Gasteiger partial charge in [0, 0.05) is 0 Å². The van der Waals surface area contributed by atoms with E-state index in [9.17, 15) is 18.3 Å². The van der Waals surface area contributed by atoms with Gasteiger partial charge in [-0.05, 0) is 25.5 Å². The third-order valence-corrected chi connectivity index (χ3v) is 5.34. The second-order valence-electron chi connectivity index (χ2n) is 4.72. The first-order valence-electron chi connectivity index (χ1n) is 6.19. The molecule has 1 heterocycles. The van der Waals surface area contributed by atoms with E-state index in [1.54, 1.807) is 19.1 Å². The Kier molecular flexibility index (Phi) is 3.64. The largest absolute Gasteiger partial charge is 0.394 e. The number of amides is 1. The molecule has 2 atom stereocenters. The number of rotatable bonds is 4. The number of nitrogens with zero attached hydrogens (tertiary/aromatic N) is 1. The van der Waals surface area contributed by atoms with Crippen molar-refractivity contribution in [3.05, 3.63) is 29.8 Å². The van der Waals surface area contributed by atoms with Crippen LogP contribution in [0.1, 0.15) is 18.9 Å². The highest BCUT2D eigenvalue weighted by atomic mass is 32.2. The number of sulfonamides is 1. The van der Waals surface area contributed by atoms with Gasteiger partial charge < -0.3 is 5.11 Å². The maximum Gasteiger partial charge on any atom is 0.266 e. The zero-order valence-corrected chi connectivity index (χ0v) is 11.7. The predicted octanol–water partition coefficient (Wildman–Crippen LogP) is 0.913. The molecule has 2 unspecified atom stereocenters. The molecule has 1 fully saturated rings. The normalized spacial score (nSPS) is 23.3. The highest BCUT2D eigenvalue weighted by Crippen LogP contribution is 2.34. The molecule has 0 spiro atoms. The van der Waals surface area contributed by atoms with Crippen LogP contribution in [0.15, 0.2) is 29.2 Å². The third kappa shape index (κ3) is 2.15. The van der Waals surface area contributed by atoms with Crippen LogP contribution in [-0.4, -0.2) is 36.4 Å². The molecule has 1 N–H and O–H groups in total. The van der Waals surface area contributed by atoms with Crippen molar-refractivity contribution in [2.24, 2.45) is 5.92 Å². The first-order valence-corrected chi connectivity index (χ1v) is 7.63. The molecule has 0 radical (unpaired) electrons. The second kappa shape index (κ2) is 4.94. The smallest absolute Gasteiger partial charge is 0.266 e. The summed E-state index contributed by atoms with van der Waals surface area (Å²) in [7, 11) is -3.85. The first kappa shape index (κ1) is 14.0. The number of carbonyl (C=O) groups excluding carboxylic acids is 1. The molecule has 0 aliphatic carbocycles. The van der Waals surface area contributed by atoms with E-state index in [-0.39, 0.29) is 11.5 Å². The minimum Gasteiger partial charge on any atom is -0.394 e. The molecule has 19 heavy (non-hydrogen) atoms. The number of β-lactam (4-membered cyclic amide) rings is 1. The van der Waals surface area contributed by atoms with Crippen LogP contribution in [0.25, 0.3) is 0 Å². The molecule has 1 aromatic carbocycles. The van der Waals surface area contributed by atoms with Crippen LogP contribution in [-0.2, 0) is 14.8 Å². The summed E-state index contributed by atoms with van der Waals surface area (Å²) in [6, 6.07) is 5.69. The Labute approximate surface area is 112 Å². The van der Waals surface area contributed by atoms with Gasteiger partial charge in [-0.1, -0.05) is 24.6 Å². The molecule has 1 aliphatic heterocycles. The second-order valence-corrected chi connectivity index (χ2v) is 6.53. The average molecular weight is 283 g/mol. The van der Waals surface area contributed by atoms with Crippen LogP contribution in [0.5, 0.6) is 0 Å². The number of aryl methyl sites for hydroxylation is 1. The molecular weight excluding hydrogens is 266 g/mol. The fourth-order valence-corrected chi connectivity index (χ4v) is 3.99. The minimum atomic E-state index is -3.85. The van der Waals surface area contributed by atoms with Gasteiger partial charge in [0.25, 0.3) is 10.0 Å². The number of carbonyl (C=O) groups is 1. The van der Waals surface area contributed by atoms with Crippen LogP contribution in [0.2, 0.25) is 0 Å². The molecule has 5 nitrogen and oxygen atoms in total. The molecule has 0 saturated carbocycles. The van der Waals surface area contributed by atoms with Crippen LogP contribution in [0.3, 0.4) is 0 Å². The molecule has 2 rings (SSSR count). The van der Waals surface area contributed by atoms with Crippen LogP contribution < -0.4 is 0 Å². The Morgan fingerprint density at radius 1 is 1.26 bits per heavy atom.